The van der Waals surface area contributed by atoms with Gasteiger partial charge in [0.2, 0.25) is 0 Å². The van der Waals surface area contributed by atoms with Crippen molar-refractivity contribution in [3.8, 4) is 0 Å². The van der Waals surface area contributed by atoms with Crippen LogP contribution in [0, 0.1) is 11.8 Å². The Hall–Kier alpha value is -1.89. The zero-order valence-electron chi connectivity index (χ0n) is 17.2. The van der Waals surface area contributed by atoms with Gasteiger partial charge < -0.3 is 10.1 Å². The van der Waals surface area contributed by atoms with Crippen LogP contribution < -0.4 is 5.32 Å². The van der Waals surface area contributed by atoms with Crippen molar-refractivity contribution < 1.29 is 9.53 Å². The summed E-state index contributed by atoms with van der Waals surface area (Å²) in [7, 11) is 1.74. The molecule has 4 atom stereocenters. The number of halogens is 1. The van der Waals surface area contributed by atoms with Crippen LogP contribution in [0.25, 0.3) is 0 Å². The van der Waals surface area contributed by atoms with E-state index in [0.717, 1.165) is 38.8 Å². The van der Waals surface area contributed by atoms with Gasteiger partial charge in [-0.05, 0) is 36.8 Å². The topological polar surface area (TPSA) is 59.4 Å². The van der Waals surface area contributed by atoms with Crippen molar-refractivity contribution in [2.75, 3.05) is 19.6 Å². The summed E-state index contributed by atoms with van der Waals surface area (Å²) in [5.41, 5.74) is 3.41. The van der Waals surface area contributed by atoms with Crippen LogP contribution in [0.15, 0.2) is 30.5 Å². The molecule has 2 aromatic rings. The zero-order chi connectivity index (χ0) is 20.5. The van der Waals surface area contributed by atoms with Crippen LogP contribution in [-0.4, -0.2) is 58.0 Å². The smallest absolute Gasteiger partial charge is 0.271 e. The van der Waals surface area contributed by atoms with Gasteiger partial charge in [-0.25, -0.2) is 0 Å². The number of hydrogen-bond donors (Lipinski definition) is 1. The normalized spacial score (nSPS) is 32.5. The van der Waals surface area contributed by atoms with Crippen molar-refractivity contribution in [2.24, 2.45) is 18.9 Å². The van der Waals surface area contributed by atoms with E-state index in [1.54, 1.807) is 7.05 Å². The van der Waals surface area contributed by atoms with Gasteiger partial charge in [0.05, 0.1) is 22.9 Å². The highest BCUT2D eigenvalue weighted by Gasteiger charge is 2.63. The highest BCUT2D eigenvalue weighted by molar-refractivity contribution is 6.33. The molecule has 3 saturated heterocycles. The van der Waals surface area contributed by atoms with Crippen LogP contribution in [-0.2, 0) is 24.6 Å². The Morgan fingerprint density at radius 3 is 2.80 bits per heavy atom. The van der Waals surface area contributed by atoms with Gasteiger partial charge in [-0.1, -0.05) is 35.9 Å². The van der Waals surface area contributed by atoms with E-state index in [4.69, 9.17) is 16.3 Å². The summed E-state index contributed by atoms with van der Waals surface area (Å²) in [5, 5.41) is 7.58. The summed E-state index contributed by atoms with van der Waals surface area (Å²) in [4.78, 5) is 15.4. The van der Waals surface area contributed by atoms with Crippen molar-refractivity contribution in [3.05, 3.63) is 52.3 Å². The molecule has 1 aromatic heterocycles. The van der Waals surface area contributed by atoms with Gasteiger partial charge in [0, 0.05) is 44.6 Å². The van der Waals surface area contributed by atoms with Gasteiger partial charge in [-0.15, -0.1) is 0 Å². The van der Waals surface area contributed by atoms with Crippen molar-refractivity contribution in [1.29, 1.82) is 0 Å². The van der Waals surface area contributed by atoms with E-state index >= 15 is 0 Å². The van der Waals surface area contributed by atoms with Crippen LogP contribution in [0.5, 0.6) is 0 Å². The van der Waals surface area contributed by atoms with Gasteiger partial charge in [-0.2, -0.15) is 5.10 Å². The van der Waals surface area contributed by atoms with E-state index in [2.05, 4.69) is 39.6 Å². The summed E-state index contributed by atoms with van der Waals surface area (Å²) in [5.74, 6) is 0.698. The monoisotopic (exact) mass is 426 g/mol. The third-order valence-electron chi connectivity index (χ3n) is 7.96. The first-order chi connectivity index (χ1) is 14.5. The second kappa shape index (κ2) is 6.81. The Kier molecular flexibility index (Phi) is 4.28. The first kappa shape index (κ1) is 18.8. The maximum Gasteiger partial charge on any atom is 0.271 e. The molecule has 6 rings (SSSR count). The highest BCUT2D eigenvalue weighted by Crippen LogP contribution is 2.55. The molecule has 0 unspecified atom stereocenters. The minimum absolute atomic E-state index is 0.0149. The largest absolute Gasteiger partial charge is 0.370 e. The summed E-state index contributed by atoms with van der Waals surface area (Å²) < 4.78 is 8.13. The first-order valence-corrected chi connectivity index (χ1v) is 11.4. The first-order valence-electron chi connectivity index (χ1n) is 11.0. The van der Waals surface area contributed by atoms with Crippen LogP contribution in [0.4, 0.5) is 0 Å². The quantitative estimate of drug-likeness (QED) is 0.815. The maximum atomic E-state index is 12.7. The van der Waals surface area contributed by atoms with E-state index in [0.29, 0.717) is 35.1 Å². The lowest BCUT2D eigenvalue weighted by atomic mass is 9.73. The molecule has 1 aromatic carbocycles. The van der Waals surface area contributed by atoms with Crippen LogP contribution >= 0.6 is 11.6 Å². The third kappa shape index (κ3) is 2.77. The second-order valence-corrected chi connectivity index (χ2v) is 9.87. The summed E-state index contributed by atoms with van der Waals surface area (Å²) in [6, 6.07) is 9.42. The molecule has 1 aliphatic carbocycles. The average Bonchev–Trinajstić information content (AvgIpc) is 3.52. The molecule has 1 spiro atoms. The lowest BCUT2D eigenvalue weighted by Gasteiger charge is -2.29. The number of aryl methyl sites for hydroxylation is 1. The molecule has 30 heavy (non-hydrogen) atoms. The van der Waals surface area contributed by atoms with Crippen LogP contribution in [0.2, 0.25) is 5.02 Å². The minimum Gasteiger partial charge on any atom is -0.370 e. The molecule has 3 aliphatic heterocycles. The zero-order valence-corrected chi connectivity index (χ0v) is 17.9. The predicted molar refractivity (Wildman–Crippen MR) is 114 cm³/mol. The van der Waals surface area contributed by atoms with E-state index < -0.39 is 0 Å². The lowest BCUT2D eigenvalue weighted by molar-refractivity contribution is -0.000752. The molecular weight excluding hydrogens is 400 g/mol. The van der Waals surface area contributed by atoms with Crippen molar-refractivity contribution in [3.63, 3.8) is 0 Å². The number of benzene rings is 1. The van der Waals surface area contributed by atoms with Crippen molar-refractivity contribution in [2.45, 2.75) is 43.4 Å². The van der Waals surface area contributed by atoms with E-state index in [-0.39, 0.29) is 17.6 Å². The molecular formula is C23H27ClN4O2. The Balaban J connectivity index is 1.15. The average molecular weight is 427 g/mol. The van der Waals surface area contributed by atoms with Crippen molar-refractivity contribution >= 4 is 17.5 Å². The summed E-state index contributed by atoms with van der Waals surface area (Å²) >= 11 is 6.14. The number of carbonyl (C=O) groups excluding carboxylic acids is 1. The van der Waals surface area contributed by atoms with Gasteiger partial charge in [-0.3, -0.25) is 14.4 Å². The fourth-order valence-electron chi connectivity index (χ4n) is 6.53. The molecule has 0 saturated carbocycles. The Labute approximate surface area is 181 Å². The van der Waals surface area contributed by atoms with Crippen molar-refractivity contribution in [1.82, 2.24) is 20.0 Å². The fraction of sp³-hybridized carbons (Fsp3) is 0.565. The number of hydrogen-bond acceptors (Lipinski definition) is 4. The molecule has 4 aliphatic rings. The summed E-state index contributed by atoms with van der Waals surface area (Å²) in [6.07, 6.45) is 6.31. The molecule has 6 nitrogen and oxygen atoms in total. The number of nitrogens with one attached hydrogen (secondary N) is 1. The Bertz CT molecular complexity index is 962. The fourth-order valence-corrected chi connectivity index (χ4v) is 6.78. The number of nitrogens with zero attached hydrogens (tertiary/aromatic N) is 3. The van der Waals surface area contributed by atoms with Crippen LogP contribution in [0.1, 0.15) is 34.5 Å². The number of carbonyl (C=O) groups is 1. The third-order valence-corrected chi connectivity index (χ3v) is 8.24. The van der Waals surface area contributed by atoms with Gasteiger partial charge in [0.1, 0.15) is 5.69 Å². The highest BCUT2D eigenvalue weighted by atomic mass is 35.5. The van der Waals surface area contributed by atoms with Crippen LogP contribution in [0.3, 0.4) is 0 Å². The molecule has 3 fully saturated rings. The maximum absolute atomic E-state index is 12.7. The number of fused-ring (bicyclic) bond motifs is 2. The van der Waals surface area contributed by atoms with Gasteiger partial charge in [0.15, 0.2) is 0 Å². The molecule has 158 valence electrons. The number of likely N-dealkylation sites (tertiary alicyclic amines) is 1. The molecule has 7 heteroatoms. The number of aromatic nitrogens is 2. The predicted octanol–water partition coefficient (Wildman–Crippen LogP) is 2.45. The molecule has 4 heterocycles. The van der Waals surface area contributed by atoms with E-state index in [9.17, 15) is 4.79 Å². The van der Waals surface area contributed by atoms with Gasteiger partial charge in [0.25, 0.3) is 5.91 Å². The van der Waals surface area contributed by atoms with Gasteiger partial charge >= 0.3 is 0 Å². The standard InChI is InChI=1S/C23H27ClN4O2/c1-27-21(19(24)11-26-27)22(29)25-10-17-18-12-28(13-23(18)7-6-20(17)30-23)16-8-14-4-2-3-5-15(14)9-16/h2-5,11,16-18,20H,6-10,12-13H2,1H3,(H,25,29)/t17-,18+,20+,23+/m0/s1. The lowest BCUT2D eigenvalue weighted by Crippen LogP contribution is -2.42. The Morgan fingerprint density at radius 1 is 1.33 bits per heavy atom. The molecule has 2 bridgehead atoms. The molecule has 0 radical (unpaired) electrons. The van der Waals surface area contributed by atoms with E-state index in [1.165, 1.54) is 22.0 Å². The number of amides is 1. The summed E-state index contributed by atoms with van der Waals surface area (Å²) in [6.45, 7) is 2.74. The number of ether oxygens (including phenoxy) is 1. The minimum atomic E-state index is -0.155. The van der Waals surface area contributed by atoms with E-state index in [1.807, 2.05) is 0 Å². The molecule has 1 N–H and O–H groups in total. The SMILES string of the molecule is Cn1ncc(Cl)c1C(=O)NC[C@H]1[C@H]2CN(C3Cc4ccccc4C3)C[C@]23CC[C@H]1O3. The Morgan fingerprint density at radius 2 is 2.10 bits per heavy atom. The number of rotatable bonds is 4. The second-order valence-electron chi connectivity index (χ2n) is 9.47. The molecule has 1 amide bonds.